The zero-order valence-corrected chi connectivity index (χ0v) is 46.3. The van der Waals surface area contributed by atoms with E-state index in [0.29, 0.717) is 39.5 Å². The van der Waals surface area contributed by atoms with Gasteiger partial charge in [-0.15, -0.1) is 11.3 Å². The van der Waals surface area contributed by atoms with Crippen LogP contribution in [0.5, 0.6) is 0 Å². The maximum atomic E-state index is 13.0. The van der Waals surface area contributed by atoms with Crippen molar-refractivity contribution in [1.29, 1.82) is 10.5 Å². The Morgan fingerprint density at radius 1 is 0.333 bits per heavy atom. The van der Waals surface area contributed by atoms with Crippen molar-refractivity contribution in [2.75, 3.05) is 0 Å². The van der Waals surface area contributed by atoms with Gasteiger partial charge in [-0.05, 0) is 103 Å². The smallest absolute Gasteiger partial charge is 0.160 e. The molecule has 0 aliphatic carbocycles. The highest BCUT2D eigenvalue weighted by molar-refractivity contribution is 7.26. The van der Waals surface area contributed by atoms with Crippen LogP contribution in [0.4, 0.5) is 0 Å². The number of furan rings is 1. The summed E-state index contributed by atoms with van der Waals surface area (Å²) in [5.74, 6) is 0. The molecule has 6 aromatic heterocycles. The van der Waals surface area contributed by atoms with E-state index in [-0.39, 0.29) is 0 Å². The lowest BCUT2D eigenvalue weighted by Crippen LogP contribution is -2.17. The van der Waals surface area contributed by atoms with Gasteiger partial charge in [0.15, 0.2) is 5.58 Å². The highest BCUT2D eigenvalue weighted by atomic mass is 32.1. The summed E-state index contributed by atoms with van der Waals surface area (Å²) in [4.78, 5) is 0. The van der Waals surface area contributed by atoms with Crippen molar-refractivity contribution in [3.05, 3.63) is 253 Å². The van der Waals surface area contributed by atoms with E-state index >= 15 is 0 Å². The fourth-order valence-corrected chi connectivity index (χ4v) is 15.4. The van der Waals surface area contributed by atoms with E-state index in [4.69, 9.17) is 4.42 Å². The molecule has 0 N–H and O–H groups in total. The first-order valence-electron chi connectivity index (χ1n) is 28.3. The number of nitriles is 2. The maximum Gasteiger partial charge on any atom is 0.160 e. The molecular formula is C76H44N6OS. The van der Waals surface area contributed by atoms with Crippen LogP contribution < -0.4 is 0 Å². The molecule has 0 spiro atoms. The van der Waals surface area contributed by atoms with Crippen LogP contribution >= 0.6 is 11.3 Å². The van der Waals surface area contributed by atoms with Gasteiger partial charge in [0, 0.05) is 69.3 Å². The summed E-state index contributed by atoms with van der Waals surface area (Å²) >= 11 is 1.79. The quantitative estimate of drug-likeness (QED) is 0.172. The number of thiophene rings is 1. The number of rotatable bonds is 5. The van der Waals surface area contributed by atoms with Crippen LogP contribution in [0.2, 0.25) is 0 Å². The van der Waals surface area contributed by atoms with Gasteiger partial charge in [0.2, 0.25) is 0 Å². The van der Waals surface area contributed by atoms with E-state index < -0.39 is 0 Å². The van der Waals surface area contributed by atoms with E-state index in [9.17, 15) is 10.5 Å². The highest BCUT2D eigenvalue weighted by Crippen LogP contribution is 2.52. The summed E-state index contributed by atoms with van der Waals surface area (Å²) in [5.41, 5.74) is 16.2. The van der Waals surface area contributed by atoms with Crippen molar-refractivity contribution in [3.63, 3.8) is 0 Å². The maximum absolute atomic E-state index is 13.0. The molecule has 0 aliphatic heterocycles. The lowest BCUT2D eigenvalue weighted by atomic mass is 9.98. The molecule has 18 aromatic rings. The van der Waals surface area contributed by atoms with Crippen LogP contribution in [0.1, 0.15) is 22.3 Å². The Labute approximate surface area is 483 Å². The Balaban J connectivity index is 1.17. The van der Waals surface area contributed by atoms with Crippen molar-refractivity contribution in [3.8, 4) is 46.0 Å². The first-order chi connectivity index (χ1) is 41.5. The van der Waals surface area contributed by atoms with E-state index in [0.717, 1.165) is 130 Å². The average molecular weight is 1090 g/mol. The summed E-state index contributed by atoms with van der Waals surface area (Å²) in [5, 5.41) is 38.4. The first-order valence-corrected chi connectivity index (χ1v) is 29.1. The van der Waals surface area contributed by atoms with E-state index in [1.807, 2.05) is 24.3 Å². The summed E-state index contributed by atoms with van der Waals surface area (Å²) < 4.78 is 18.7. The molecule has 390 valence electrons. The Morgan fingerprint density at radius 2 is 0.810 bits per heavy atom. The standard InChI is InChI=1S/C76H44N6OS/c1-43-38-57-54-34-36-56-52-25-11-17-31-68(52)84-76(56)73(54)82(66(57)39-44(43)2)74-70(79-61-26-12-6-20-47(61)48-21-7-13-27-62(48)79)59(41-77)69(60(42-78)71(74)80-63-28-14-8-22-49(63)50-23-9-15-29-64(50)80)81-65-37-32-46(45-18-4-3-5-19-45)40-58(65)53-33-35-55-51-24-10-16-30-67(51)83-75(55)72(53)81/h3-40H,1-2H3. The van der Waals surface area contributed by atoms with Gasteiger partial charge in [0.1, 0.15) is 28.8 Å². The second-order valence-electron chi connectivity index (χ2n) is 22.2. The lowest BCUT2D eigenvalue weighted by Gasteiger charge is -2.27. The monoisotopic (exact) mass is 1090 g/mol. The molecule has 0 bridgehead atoms. The van der Waals surface area contributed by atoms with Crippen LogP contribution in [-0.4, -0.2) is 18.3 Å². The second kappa shape index (κ2) is 17.2. The van der Waals surface area contributed by atoms with Gasteiger partial charge in [0.05, 0.1) is 71.6 Å². The molecule has 7 nitrogen and oxygen atoms in total. The molecule has 6 heterocycles. The van der Waals surface area contributed by atoms with E-state index in [1.165, 1.54) is 15.6 Å². The summed E-state index contributed by atoms with van der Waals surface area (Å²) in [7, 11) is 0. The fourth-order valence-electron chi connectivity index (χ4n) is 14.2. The first kappa shape index (κ1) is 46.6. The third-order valence-electron chi connectivity index (χ3n) is 17.9. The second-order valence-corrected chi connectivity index (χ2v) is 23.3. The van der Waals surface area contributed by atoms with Crippen molar-refractivity contribution >= 4 is 141 Å². The van der Waals surface area contributed by atoms with Gasteiger partial charge in [-0.1, -0.05) is 164 Å². The molecule has 0 aliphatic rings. The summed E-state index contributed by atoms with van der Waals surface area (Å²) in [6, 6.07) is 87.5. The van der Waals surface area contributed by atoms with Crippen LogP contribution in [0.25, 0.3) is 163 Å². The van der Waals surface area contributed by atoms with Gasteiger partial charge in [-0.25, -0.2) is 0 Å². The fraction of sp³-hybridized carbons (Fsp3) is 0.0263. The molecule has 84 heavy (non-hydrogen) atoms. The molecule has 12 aromatic carbocycles. The van der Waals surface area contributed by atoms with Gasteiger partial charge in [0.25, 0.3) is 0 Å². The zero-order valence-electron chi connectivity index (χ0n) is 45.4. The topological polar surface area (TPSA) is 80.4 Å². The zero-order chi connectivity index (χ0) is 55.6. The minimum atomic E-state index is 0.332. The number of para-hydroxylation sites is 5. The van der Waals surface area contributed by atoms with Crippen LogP contribution in [0.3, 0.4) is 0 Å². The Bertz CT molecular complexity index is 5780. The Kier molecular flexibility index (Phi) is 9.53. The predicted molar refractivity (Wildman–Crippen MR) is 348 cm³/mol. The molecule has 18 rings (SSSR count). The minimum Gasteiger partial charge on any atom is -0.454 e. The van der Waals surface area contributed by atoms with Crippen LogP contribution in [-0.2, 0) is 0 Å². The number of aryl methyl sites for hydroxylation is 2. The molecule has 0 saturated heterocycles. The molecule has 0 amide bonds. The summed E-state index contributed by atoms with van der Waals surface area (Å²) in [6.45, 7) is 4.37. The predicted octanol–water partition coefficient (Wildman–Crippen LogP) is 20.4. The molecule has 0 radical (unpaired) electrons. The third-order valence-corrected chi connectivity index (χ3v) is 19.1. The number of aromatic nitrogens is 4. The normalized spacial score (nSPS) is 12.1. The van der Waals surface area contributed by atoms with Crippen LogP contribution in [0.15, 0.2) is 235 Å². The molecule has 0 atom stereocenters. The third kappa shape index (κ3) is 6.11. The van der Waals surface area contributed by atoms with Crippen molar-refractivity contribution in [2.24, 2.45) is 0 Å². The Morgan fingerprint density at radius 3 is 1.43 bits per heavy atom. The number of nitrogens with zero attached hydrogens (tertiary/aromatic N) is 6. The molecule has 0 unspecified atom stereocenters. The van der Waals surface area contributed by atoms with Gasteiger partial charge < -0.3 is 22.7 Å². The molecule has 8 heteroatoms. The minimum absolute atomic E-state index is 0.332. The van der Waals surface area contributed by atoms with E-state index in [2.05, 4.69) is 251 Å². The lowest BCUT2D eigenvalue weighted by molar-refractivity contribution is 0.671. The number of hydrogen-bond acceptors (Lipinski definition) is 4. The van der Waals surface area contributed by atoms with Crippen LogP contribution in [0, 0.1) is 36.5 Å². The van der Waals surface area contributed by atoms with Crippen molar-refractivity contribution < 1.29 is 4.42 Å². The van der Waals surface area contributed by atoms with Gasteiger partial charge >= 0.3 is 0 Å². The van der Waals surface area contributed by atoms with Crippen molar-refractivity contribution in [2.45, 2.75) is 13.8 Å². The SMILES string of the molecule is Cc1cc2c3ccc4c5ccccc5sc4c3n(-c3c(-n4c5ccccc5c5ccccc54)c(C#N)c(-n4c5ccc(-c6ccccc6)cc5c5ccc6c7ccccc7oc6c54)c(C#N)c3-n3c4ccccc4c4ccccc43)c2cc1C. The number of fused-ring (bicyclic) bond motifs is 20. The molecular weight excluding hydrogens is 1040 g/mol. The van der Waals surface area contributed by atoms with Gasteiger partial charge in [-0.2, -0.15) is 10.5 Å². The molecule has 0 saturated carbocycles. The molecule has 0 fully saturated rings. The van der Waals surface area contributed by atoms with Crippen molar-refractivity contribution in [1.82, 2.24) is 18.3 Å². The van der Waals surface area contributed by atoms with E-state index in [1.54, 1.807) is 11.3 Å². The largest absolute Gasteiger partial charge is 0.454 e. The number of hydrogen-bond donors (Lipinski definition) is 0. The highest BCUT2D eigenvalue weighted by Gasteiger charge is 2.36. The van der Waals surface area contributed by atoms with Gasteiger partial charge in [-0.3, -0.25) is 0 Å². The average Bonchev–Trinajstić information content (AvgIpc) is 1.54. The number of benzene rings is 12. The summed E-state index contributed by atoms with van der Waals surface area (Å²) in [6.07, 6.45) is 0. The Hall–Kier alpha value is -11.2.